The van der Waals surface area contributed by atoms with E-state index in [4.69, 9.17) is 11.6 Å². The summed E-state index contributed by atoms with van der Waals surface area (Å²) in [6, 6.07) is 11.1. The number of nitrogens with zero attached hydrogens (tertiary/aromatic N) is 4. The molecule has 0 spiro atoms. The number of benzene rings is 2. The fourth-order valence-corrected chi connectivity index (χ4v) is 2.35. The number of amides is 1. The first-order chi connectivity index (χ1) is 12.3. The maximum absolute atomic E-state index is 12.7. The molecule has 0 radical (unpaired) electrons. The molecule has 0 saturated carbocycles. The normalized spacial score (nSPS) is 11.4. The van der Waals surface area contributed by atoms with E-state index >= 15 is 0 Å². The van der Waals surface area contributed by atoms with Crippen LogP contribution in [0.3, 0.4) is 0 Å². The quantitative estimate of drug-likeness (QED) is 0.748. The molecule has 6 nitrogen and oxygen atoms in total. The predicted molar refractivity (Wildman–Crippen MR) is 88.3 cm³/mol. The van der Waals surface area contributed by atoms with Gasteiger partial charge in [-0.05, 0) is 35.5 Å². The van der Waals surface area contributed by atoms with Crippen LogP contribution in [0.5, 0.6) is 0 Å². The van der Waals surface area contributed by atoms with Gasteiger partial charge in [-0.2, -0.15) is 18.0 Å². The zero-order valence-electron chi connectivity index (χ0n) is 13.0. The molecule has 1 amide bonds. The van der Waals surface area contributed by atoms with Crippen LogP contribution in [0.2, 0.25) is 5.02 Å². The highest BCUT2D eigenvalue weighted by Crippen LogP contribution is 2.30. The van der Waals surface area contributed by atoms with Gasteiger partial charge in [0.2, 0.25) is 11.7 Å². The third kappa shape index (κ3) is 4.37. The summed E-state index contributed by atoms with van der Waals surface area (Å²) in [5.41, 5.74) is -0.195. The minimum Gasteiger partial charge on any atom is -0.324 e. The summed E-state index contributed by atoms with van der Waals surface area (Å²) in [6.45, 7) is -0.302. The molecule has 0 saturated heterocycles. The Balaban J connectivity index is 1.68. The van der Waals surface area contributed by atoms with E-state index in [1.165, 1.54) is 12.1 Å². The maximum atomic E-state index is 12.7. The van der Waals surface area contributed by atoms with Crippen LogP contribution in [0.25, 0.3) is 11.4 Å². The van der Waals surface area contributed by atoms with Crippen LogP contribution >= 0.6 is 11.6 Å². The Hall–Kier alpha value is -2.94. The van der Waals surface area contributed by atoms with Crippen molar-refractivity contribution in [3.63, 3.8) is 0 Å². The van der Waals surface area contributed by atoms with Crippen LogP contribution in [0.1, 0.15) is 5.56 Å². The third-order valence-corrected chi connectivity index (χ3v) is 3.53. The smallest absolute Gasteiger partial charge is 0.324 e. The number of carbonyl (C=O) groups is 1. The van der Waals surface area contributed by atoms with Crippen molar-refractivity contribution < 1.29 is 18.0 Å². The van der Waals surface area contributed by atoms with Crippen LogP contribution in [-0.2, 0) is 17.5 Å². The zero-order valence-corrected chi connectivity index (χ0v) is 13.8. The molecule has 1 N–H and O–H groups in total. The molecule has 3 rings (SSSR count). The molecule has 0 unspecified atom stereocenters. The second-order valence-electron chi connectivity index (χ2n) is 5.28. The van der Waals surface area contributed by atoms with Gasteiger partial charge in [0.15, 0.2) is 0 Å². The van der Waals surface area contributed by atoms with Gasteiger partial charge < -0.3 is 5.32 Å². The van der Waals surface area contributed by atoms with E-state index in [9.17, 15) is 18.0 Å². The van der Waals surface area contributed by atoms with Crippen molar-refractivity contribution in [2.45, 2.75) is 12.7 Å². The van der Waals surface area contributed by atoms with Crippen LogP contribution in [0.15, 0.2) is 48.5 Å². The molecule has 26 heavy (non-hydrogen) atoms. The van der Waals surface area contributed by atoms with E-state index in [-0.39, 0.29) is 18.1 Å². The number of hydrogen-bond acceptors (Lipinski definition) is 4. The number of rotatable bonds is 4. The Morgan fingerprint density at radius 1 is 1.15 bits per heavy atom. The predicted octanol–water partition coefficient (Wildman–Crippen LogP) is 3.65. The number of hydrogen-bond donors (Lipinski definition) is 1. The highest BCUT2D eigenvalue weighted by molar-refractivity contribution is 6.30. The number of nitrogens with one attached hydrogen (secondary N) is 1. The van der Waals surface area contributed by atoms with E-state index < -0.39 is 17.6 Å². The maximum Gasteiger partial charge on any atom is 0.416 e. The van der Waals surface area contributed by atoms with Gasteiger partial charge >= 0.3 is 6.18 Å². The average molecular weight is 382 g/mol. The van der Waals surface area contributed by atoms with E-state index in [1.54, 1.807) is 24.3 Å². The number of anilines is 1. The summed E-state index contributed by atoms with van der Waals surface area (Å²) in [5.74, 6) is -0.307. The third-order valence-electron chi connectivity index (χ3n) is 3.29. The summed E-state index contributed by atoms with van der Waals surface area (Å²) in [7, 11) is 0. The van der Waals surface area contributed by atoms with Gasteiger partial charge in [-0.25, -0.2) is 0 Å². The minimum absolute atomic E-state index is 0.0278. The SMILES string of the molecule is O=C(Cn1nnc(-c2cccc(Cl)c2)n1)Nc1cccc(C(F)(F)F)c1. The molecule has 0 aliphatic heterocycles. The lowest BCUT2D eigenvalue weighted by molar-refractivity contribution is -0.137. The summed E-state index contributed by atoms with van der Waals surface area (Å²) in [4.78, 5) is 13.0. The molecule has 3 aromatic rings. The van der Waals surface area contributed by atoms with E-state index in [2.05, 4.69) is 20.7 Å². The van der Waals surface area contributed by atoms with Gasteiger partial charge in [0.1, 0.15) is 6.54 Å². The molecule has 0 aliphatic rings. The van der Waals surface area contributed by atoms with Gasteiger partial charge in [0.05, 0.1) is 5.56 Å². The number of carbonyl (C=O) groups excluding carboxylic acids is 1. The molecular formula is C16H11ClF3N5O. The Labute approximate surface area is 150 Å². The van der Waals surface area contributed by atoms with E-state index in [0.29, 0.717) is 10.6 Å². The Kier molecular flexibility index (Phi) is 4.90. The monoisotopic (exact) mass is 381 g/mol. The topological polar surface area (TPSA) is 72.7 Å². The second kappa shape index (κ2) is 7.12. The first-order valence-electron chi connectivity index (χ1n) is 7.32. The summed E-state index contributed by atoms with van der Waals surface area (Å²) in [5, 5.41) is 14.5. The number of alkyl halides is 3. The highest BCUT2D eigenvalue weighted by Gasteiger charge is 2.30. The molecule has 134 valence electrons. The van der Waals surface area contributed by atoms with Crippen LogP contribution in [0, 0.1) is 0 Å². The van der Waals surface area contributed by atoms with Crippen molar-refractivity contribution in [3.05, 3.63) is 59.1 Å². The van der Waals surface area contributed by atoms with Crippen LogP contribution < -0.4 is 5.32 Å². The molecule has 0 fully saturated rings. The number of aromatic nitrogens is 4. The highest BCUT2D eigenvalue weighted by atomic mass is 35.5. The lowest BCUT2D eigenvalue weighted by Gasteiger charge is -2.09. The van der Waals surface area contributed by atoms with Gasteiger partial charge in [-0.3, -0.25) is 4.79 Å². The molecule has 2 aromatic carbocycles. The van der Waals surface area contributed by atoms with Gasteiger partial charge in [-0.1, -0.05) is 29.8 Å². The molecule has 0 bridgehead atoms. The fourth-order valence-electron chi connectivity index (χ4n) is 2.16. The molecule has 1 aromatic heterocycles. The van der Waals surface area contributed by atoms with Crippen molar-refractivity contribution in [2.24, 2.45) is 0 Å². The number of halogens is 4. The fraction of sp³-hybridized carbons (Fsp3) is 0.125. The average Bonchev–Trinajstić information content (AvgIpc) is 3.02. The van der Waals surface area contributed by atoms with Gasteiger partial charge in [0.25, 0.3) is 0 Å². The van der Waals surface area contributed by atoms with Crippen molar-refractivity contribution in [1.29, 1.82) is 0 Å². The van der Waals surface area contributed by atoms with Crippen molar-refractivity contribution in [2.75, 3.05) is 5.32 Å². The Bertz CT molecular complexity index is 941. The molecule has 10 heteroatoms. The summed E-state index contributed by atoms with van der Waals surface area (Å²) in [6.07, 6.45) is -4.49. The van der Waals surface area contributed by atoms with Crippen LogP contribution in [0.4, 0.5) is 18.9 Å². The Morgan fingerprint density at radius 2 is 1.92 bits per heavy atom. The van der Waals surface area contributed by atoms with Crippen molar-refractivity contribution in [3.8, 4) is 11.4 Å². The van der Waals surface area contributed by atoms with Gasteiger partial charge in [-0.15, -0.1) is 10.2 Å². The summed E-state index contributed by atoms with van der Waals surface area (Å²) < 4.78 is 38.1. The standard InChI is InChI=1S/C16H11ClF3N5O/c17-12-5-1-3-10(7-12)15-22-24-25(23-15)9-14(26)21-13-6-2-4-11(8-13)16(18,19)20/h1-8H,9H2,(H,21,26). The summed E-state index contributed by atoms with van der Waals surface area (Å²) >= 11 is 5.89. The van der Waals surface area contributed by atoms with E-state index in [1.807, 2.05) is 0 Å². The molecule has 1 heterocycles. The first-order valence-corrected chi connectivity index (χ1v) is 7.70. The number of tetrazole rings is 1. The van der Waals surface area contributed by atoms with Crippen molar-refractivity contribution in [1.82, 2.24) is 20.2 Å². The zero-order chi connectivity index (χ0) is 18.7. The second-order valence-corrected chi connectivity index (χ2v) is 5.72. The van der Waals surface area contributed by atoms with Crippen LogP contribution in [-0.4, -0.2) is 26.1 Å². The molecular weight excluding hydrogens is 371 g/mol. The lowest BCUT2D eigenvalue weighted by atomic mass is 10.2. The minimum atomic E-state index is -4.49. The largest absolute Gasteiger partial charge is 0.416 e. The first kappa shape index (κ1) is 17.9. The van der Waals surface area contributed by atoms with Gasteiger partial charge in [0, 0.05) is 16.3 Å². The Morgan fingerprint density at radius 3 is 2.65 bits per heavy atom. The van der Waals surface area contributed by atoms with E-state index in [0.717, 1.165) is 16.9 Å². The lowest BCUT2D eigenvalue weighted by Crippen LogP contribution is -2.20. The van der Waals surface area contributed by atoms with Crippen molar-refractivity contribution >= 4 is 23.2 Å². The molecule has 0 aliphatic carbocycles. The molecule has 0 atom stereocenters.